The largest absolute Gasteiger partial charge is 0.349 e. The third-order valence-corrected chi connectivity index (χ3v) is 4.54. The minimum atomic E-state index is 0.540. The fraction of sp³-hybridized carbons (Fsp3) is 0.750. The van der Waals surface area contributed by atoms with E-state index >= 15 is 0 Å². The normalized spacial score (nSPS) is 22.6. The van der Waals surface area contributed by atoms with Crippen LogP contribution in [0.5, 0.6) is 0 Å². The molecule has 1 aliphatic rings. The van der Waals surface area contributed by atoms with Crippen molar-refractivity contribution >= 4 is 0 Å². The molecule has 1 aromatic heterocycles. The van der Waals surface area contributed by atoms with Gasteiger partial charge in [-0.15, -0.1) is 0 Å². The molecule has 0 amide bonds. The highest BCUT2D eigenvalue weighted by atomic mass is 15.0. The van der Waals surface area contributed by atoms with Gasteiger partial charge in [0.2, 0.25) is 0 Å². The molecule has 1 aliphatic carbocycles. The van der Waals surface area contributed by atoms with Crippen LogP contribution in [0.25, 0.3) is 0 Å². The van der Waals surface area contributed by atoms with Crippen LogP contribution in [-0.2, 0) is 13.1 Å². The van der Waals surface area contributed by atoms with E-state index < -0.39 is 0 Å². The molecular weight excluding hydrogens is 220 g/mol. The number of aromatic nitrogens is 1. The number of aryl methyl sites for hydroxylation is 1. The van der Waals surface area contributed by atoms with E-state index in [0.29, 0.717) is 11.5 Å². The first-order valence-corrected chi connectivity index (χ1v) is 7.32. The lowest BCUT2D eigenvalue weighted by atomic mass is 9.92. The van der Waals surface area contributed by atoms with Crippen molar-refractivity contribution in [3.05, 3.63) is 23.0 Å². The first-order valence-electron chi connectivity index (χ1n) is 7.32. The second kappa shape index (κ2) is 5.08. The van der Waals surface area contributed by atoms with Gasteiger partial charge in [0, 0.05) is 30.5 Å². The second-order valence-electron chi connectivity index (χ2n) is 6.63. The number of nitrogens with one attached hydrogen (secondary N) is 1. The van der Waals surface area contributed by atoms with Gasteiger partial charge in [-0.05, 0) is 57.1 Å². The van der Waals surface area contributed by atoms with Crippen molar-refractivity contribution in [3.8, 4) is 0 Å². The summed E-state index contributed by atoms with van der Waals surface area (Å²) < 4.78 is 2.40. The molecule has 2 heteroatoms. The van der Waals surface area contributed by atoms with E-state index in [-0.39, 0.29) is 0 Å². The zero-order valence-corrected chi connectivity index (χ0v) is 12.6. The van der Waals surface area contributed by atoms with Gasteiger partial charge in [-0.1, -0.05) is 13.8 Å². The van der Waals surface area contributed by atoms with Gasteiger partial charge in [0.25, 0.3) is 0 Å². The fourth-order valence-corrected chi connectivity index (χ4v) is 3.40. The van der Waals surface area contributed by atoms with Crippen molar-refractivity contribution in [1.29, 1.82) is 0 Å². The van der Waals surface area contributed by atoms with E-state index in [1.165, 1.54) is 36.2 Å². The van der Waals surface area contributed by atoms with E-state index in [4.69, 9.17) is 0 Å². The molecule has 1 fully saturated rings. The predicted molar refractivity (Wildman–Crippen MR) is 77.8 cm³/mol. The van der Waals surface area contributed by atoms with Crippen molar-refractivity contribution in [2.24, 2.45) is 5.41 Å². The van der Waals surface area contributed by atoms with Crippen LogP contribution in [0.15, 0.2) is 6.07 Å². The van der Waals surface area contributed by atoms with E-state index in [0.717, 1.165) is 13.1 Å². The van der Waals surface area contributed by atoms with Crippen LogP contribution in [0.4, 0.5) is 0 Å². The van der Waals surface area contributed by atoms with Crippen LogP contribution in [0.1, 0.15) is 57.0 Å². The van der Waals surface area contributed by atoms with Gasteiger partial charge in [0.15, 0.2) is 0 Å². The Bertz CT molecular complexity index is 415. The van der Waals surface area contributed by atoms with Crippen molar-refractivity contribution in [2.45, 2.75) is 73.0 Å². The maximum atomic E-state index is 3.75. The van der Waals surface area contributed by atoms with Crippen LogP contribution >= 0.6 is 0 Å². The Kier molecular flexibility index (Phi) is 3.86. The standard InChI is InChI=1S/C16H28N2/c1-6-18-12(2)9-14(13(18)3)11-17-15-7-8-16(4,5)10-15/h9,15,17H,6-8,10-11H2,1-5H3. The minimum absolute atomic E-state index is 0.540. The summed E-state index contributed by atoms with van der Waals surface area (Å²) in [5, 5.41) is 3.75. The van der Waals surface area contributed by atoms with Gasteiger partial charge in [0.1, 0.15) is 0 Å². The van der Waals surface area contributed by atoms with Crippen LogP contribution < -0.4 is 5.32 Å². The molecule has 1 unspecified atom stereocenters. The molecule has 2 nitrogen and oxygen atoms in total. The fourth-order valence-electron chi connectivity index (χ4n) is 3.40. The summed E-state index contributed by atoms with van der Waals surface area (Å²) in [5.74, 6) is 0. The molecular formula is C16H28N2. The molecule has 18 heavy (non-hydrogen) atoms. The van der Waals surface area contributed by atoms with Gasteiger partial charge in [0.05, 0.1) is 0 Å². The average molecular weight is 248 g/mol. The number of rotatable bonds is 4. The molecule has 0 bridgehead atoms. The predicted octanol–water partition coefficient (Wildman–Crippen LogP) is 3.79. The quantitative estimate of drug-likeness (QED) is 0.857. The molecule has 1 aromatic rings. The molecule has 102 valence electrons. The second-order valence-corrected chi connectivity index (χ2v) is 6.63. The molecule has 0 radical (unpaired) electrons. The Morgan fingerprint density at radius 2 is 2.11 bits per heavy atom. The summed E-state index contributed by atoms with van der Waals surface area (Å²) in [7, 11) is 0. The molecule has 1 heterocycles. The van der Waals surface area contributed by atoms with Crippen LogP contribution in [0, 0.1) is 19.3 Å². The van der Waals surface area contributed by atoms with Crippen LogP contribution in [0.3, 0.4) is 0 Å². The highest BCUT2D eigenvalue weighted by Gasteiger charge is 2.30. The molecule has 0 spiro atoms. The zero-order chi connectivity index (χ0) is 13.3. The Hall–Kier alpha value is -0.760. The molecule has 0 aromatic carbocycles. The Morgan fingerprint density at radius 1 is 1.39 bits per heavy atom. The Morgan fingerprint density at radius 3 is 2.61 bits per heavy atom. The van der Waals surface area contributed by atoms with Gasteiger partial charge in [-0.25, -0.2) is 0 Å². The number of hydrogen-bond donors (Lipinski definition) is 1. The van der Waals surface area contributed by atoms with Gasteiger partial charge in [-0.3, -0.25) is 0 Å². The minimum Gasteiger partial charge on any atom is -0.349 e. The molecule has 0 saturated heterocycles. The molecule has 1 N–H and O–H groups in total. The lowest BCUT2D eigenvalue weighted by Crippen LogP contribution is -2.27. The Labute approximate surface area is 112 Å². The summed E-state index contributed by atoms with van der Waals surface area (Å²) in [5.41, 5.74) is 4.83. The number of hydrogen-bond acceptors (Lipinski definition) is 1. The highest BCUT2D eigenvalue weighted by molar-refractivity contribution is 5.26. The molecule has 1 saturated carbocycles. The summed E-state index contributed by atoms with van der Waals surface area (Å²) in [4.78, 5) is 0. The summed E-state index contributed by atoms with van der Waals surface area (Å²) in [6.07, 6.45) is 4.01. The SMILES string of the molecule is CCn1c(C)cc(CNC2CCC(C)(C)C2)c1C. The molecule has 2 rings (SSSR count). The van der Waals surface area contributed by atoms with Crippen LogP contribution in [-0.4, -0.2) is 10.6 Å². The summed E-state index contributed by atoms with van der Waals surface area (Å²) in [6, 6.07) is 3.05. The lowest BCUT2D eigenvalue weighted by Gasteiger charge is -2.18. The average Bonchev–Trinajstić information content (AvgIpc) is 2.77. The van der Waals surface area contributed by atoms with E-state index in [2.05, 4.69) is 50.6 Å². The van der Waals surface area contributed by atoms with Crippen molar-refractivity contribution in [1.82, 2.24) is 9.88 Å². The number of nitrogens with zero attached hydrogens (tertiary/aromatic N) is 1. The van der Waals surface area contributed by atoms with Crippen molar-refractivity contribution in [3.63, 3.8) is 0 Å². The maximum Gasteiger partial charge on any atom is 0.0225 e. The van der Waals surface area contributed by atoms with E-state index in [9.17, 15) is 0 Å². The van der Waals surface area contributed by atoms with Gasteiger partial charge >= 0.3 is 0 Å². The van der Waals surface area contributed by atoms with E-state index in [1.54, 1.807) is 0 Å². The van der Waals surface area contributed by atoms with E-state index in [1.807, 2.05) is 0 Å². The third-order valence-electron chi connectivity index (χ3n) is 4.54. The van der Waals surface area contributed by atoms with Gasteiger partial charge in [-0.2, -0.15) is 0 Å². The highest BCUT2D eigenvalue weighted by Crippen LogP contribution is 2.37. The molecule has 1 atom stereocenters. The monoisotopic (exact) mass is 248 g/mol. The molecule has 0 aliphatic heterocycles. The third kappa shape index (κ3) is 2.80. The maximum absolute atomic E-state index is 3.75. The topological polar surface area (TPSA) is 17.0 Å². The first kappa shape index (κ1) is 13.7. The van der Waals surface area contributed by atoms with Crippen LogP contribution in [0.2, 0.25) is 0 Å². The lowest BCUT2D eigenvalue weighted by molar-refractivity contribution is 0.364. The first-order chi connectivity index (χ1) is 8.43. The summed E-state index contributed by atoms with van der Waals surface area (Å²) in [6.45, 7) is 13.5. The summed E-state index contributed by atoms with van der Waals surface area (Å²) >= 11 is 0. The van der Waals surface area contributed by atoms with Crippen molar-refractivity contribution < 1.29 is 0 Å². The Balaban J connectivity index is 1.95. The van der Waals surface area contributed by atoms with Crippen molar-refractivity contribution in [2.75, 3.05) is 0 Å². The van der Waals surface area contributed by atoms with Gasteiger partial charge < -0.3 is 9.88 Å². The zero-order valence-electron chi connectivity index (χ0n) is 12.6. The smallest absolute Gasteiger partial charge is 0.0225 e.